The molecular weight excluding hydrogens is 270 g/mol. The SMILES string of the molecule is CNC(=S)N/N=C(\N)c1cc(-c2ccccc2)ccn1. The monoisotopic (exact) mass is 285 g/mol. The van der Waals surface area contributed by atoms with E-state index in [1.807, 2.05) is 42.5 Å². The van der Waals surface area contributed by atoms with Crippen molar-refractivity contribution in [3.63, 3.8) is 0 Å². The molecule has 1 aromatic heterocycles. The molecule has 1 heterocycles. The molecule has 5 nitrogen and oxygen atoms in total. The molecule has 20 heavy (non-hydrogen) atoms. The molecule has 2 aromatic rings. The first-order valence-electron chi connectivity index (χ1n) is 6.03. The van der Waals surface area contributed by atoms with Gasteiger partial charge in [0, 0.05) is 13.2 Å². The third kappa shape index (κ3) is 3.52. The van der Waals surface area contributed by atoms with E-state index >= 15 is 0 Å². The highest BCUT2D eigenvalue weighted by Gasteiger charge is 2.03. The first-order valence-corrected chi connectivity index (χ1v) is 6.44. The summed E-state index contributed by atoms with van der Waals surface area (Å²) in [4.78, 5) is 4.21. The molecule has 0 aliphatic rings. The lowest BCUT2D eigenvalue weighted by Crippen LogP contribution is -2.31. The van der Waals surface area contributed by atoms with Gasteiger partial charge in [0.25, 0.3) is 0 Å². The van der Waals surface area contributed by atoms with E-state index in [0.29, 0.717) is 10.8 Å². The van der Waals surface area contributed by atoms with E-state index in [9.17, 15) is 0 Å². The minimum Gasteiger partial charge on any atom is -0.380 e. The van der Waals surface area contributed by atoms with E-state index < -0.39 is 0 Å². The van der Waals surface area contributed by atoms with Gasteiger partial charge in [0.2, 0.25) is 0 Å². The fourth-order valence-corrected chi connectivity index (χ4v) is 1.65. The van der Waals surface area contributed by atoms with Crippen molar-refractivity contribution in [3.8, 4) is 11.1 Å². The normalized spacial score (nSPS) is 10.9. The molecule has 0 atom stereocenters. The Morgan fingerprint density at radius 3 is 2.65 bits per heavy atom. The molecule has 1 aromatic carbocycles. The van der Waals surface area contributed by atoms with Gasteiger partial charge in [0.05, 0.1) is 0 Å². The summed E-state index contributed by atoms with van der Waals surface area (Å²) >= 11 is 4.92. The van der Waals surface area contributed by atoms with Crippen molar-refractivity contribution in [2.45, 2.75) is 0 Å². The maximum atomic E-state index is 5.88. The smallest absolute Gasteiger partial charge is 0.186 e. The Hall–Kier alpha value is -2.47. The van der Waals surface area contributed by atoms with Crippen molar-refractivity contribution in [1.29, 1.82) is 0 Å². The zero-order valence-corrected chi connectivity index (χ0v) is 11.8. The molecule has 0 saturated carbocycles. The molecule has 0 fully saturated rings. The fraction of sp³-hybridized carbons (Fsp3) is 0.0714. The van der Waals surface area contributed by atoms with Crippen molar-refractivity contribution in [1.82, 2.24) is 15.7 Å². The van der Waals surface area contributed by atoms with Crippen LogP contribution in [-0.2, 0) is 0 Å². The first-order chi connectivity index (χ1) is 9.70. The van der Waals surface area contributed by atoms with Crippen LogP contribution in [0.5, 0.6) is 0 Å². The average molecular weight is 285 g/mol. The zero-order chi connectivity index (χ0) is 14.4. The minimum atomic E-state index is 0.278. The van der Waals surface area contributed by atoms with Crippen LogP contribution in [0.3, 0.4) is 0 Å². The lowest BCUT2D eigenvalue weighted by Gasteiger charge is -2.05. The van der Waals surface area contributed by atoms with E-state index in [1.165, 1.54) is 0 Å². The summed E-state index contributed by atoms with van der Waals surface area (Å²) < 4.78 is 0. The van der Waals surface area contributed by atoms with Crippen LogP contribution in [0, 0.1) is 0 Å². The standard InChI is InChI=1S/C14H15N5S/c1-16-14(20)19-18-13(15)12-9-11(7-8-17-12)10-5-3-2-4-6-10/h2-9H,1H3,(H2,15,18)(H2,16,19,20). The van der Waals surface area contributed by atoms with Crippen LogP contribution < -0.4 is 16.5 Å². The highest BCUT2D eigenvalue weighted by Crippen LogP contribution is 2.18. The van der Waals surface area contributed by atoms with Gasteiger partial charge in [0.15, 0.2) is 10.9 Å². The van der Waals surface area contributed by atoms with Crippen molar-refractivity contribution < 1.29 is 0 Å². The van der Waals surface area contributed by atoms with E-state index in [4.69, 9.17) is 18.0 Å². The summed E-state index contributed by atoms with van der Waals surface area (Å²) in [6, 6.07) is 13.8. The van der Waals surface area contributed by atoms with E-state index in [-0.39, 0.29) is 5.84 Å². The number of nitrogens with zero attached hydrogens (tertiary/aromatic N) is 2. The average Bonchev–Trinajstić information content (AvgIpc) is 2.53. The molecule has 0 spiro atoms. The van der Waals surface area contributed by atoms with E-state index in [0.717, 1.165) is 11.1 Å². The Kier molecular flexibility index (Phi) is 4.62. The number of amidine groups is 1. The van der Waals surface area contributed by atoms with Crippen LogP contribution in [0.25, 0.3) is 11.1 Å². The number of hydrogen-bond acceptors (Lipinski definition) is 3. The van der Waals surface area contributed by atoms with Gasteiger partial charge in [-0.1, -0.05) is 30.3 Å². The third-order valence-electron chi connectivity index (χ3n) is 2.63. The van der Waals surface area contributed by atoms with Crippen LogP contribution in [-0.4, -0.2) is 23.0 Å². The number of rotatable bonds is 3. The van der Waals surface area contributed by atoms with Gasteiger partial charge in [-0.05, 0) is 35.5 Å². The minimum absolute atomic E-state index is 0.278. The Morgan fingerprint density at radius 2 is 1.95 bits per heavy atom. The number of aromatic nitrogens is 1. The molecule has 0 saturated heterocycles. The van der Waals surface area contributed by atoms with Gasteiger partial charge in [-0.25, -0.2) is 0 Å². The number of nitrogens with two attached hydrogens (primary N) is 1. The Bertz CT molecular complexity index is 624. The van der Waals surface area contributed by atoms with Crippen LogP contribution in [0.15, 0.2) is 53.8 Å². The molecule has 4 N–H and O–H groups in total. The summed E-state index contributed by atoms with van der Waals surface area (Å²) in [5.41, 5.74) is 11.2. The number of hydrazone groups is 1. The number of nitrogens with one attached hydrogen (secondary N) is 2. The number of benzene rings is 1. The predicted octanol–water partition coefficient (Wildman–Crippen LogP) is 1.46. The highest BCUT2D eigenvalue weighted by molar-refractivity contribution is 7.80. The molecule has 0 aliphatic heterocycles. The molecule has 0 aliphatic carbocycles. The van der Waals surface area contributed by atoms with E-state index in [1.54, 1.807) is 13.2 Å². The molecule has 6 heteroatoms. The van der Waals surface area contributed by atoms with Crippen molar-refractivity contribution in [3.05, 3.63) is 54.4 Å². The number of thiocarbonyl (C=S) groups is 1. The summed E-state index contributed by atoms with van der Waals surface area (Å²) in [7, 11) is 1.70. The maximum Gasteiger partial charge on any atom is 0.186 e. The maximum absolute atomic E-state index is 5.88. The van der Waals surface area contributed by atoms with Gasteiger partial charge in [-0.2, -0.15) is 5.10 Å². The van der Waals surface area contributed by atoms with Crippen molar-refractivity contribution >= 4 is 23.2 Å². The summed E-state index contributed by atoms with van der Waals surface area (Å²) in [5, 5.41) is 7.12. The second-order valence-electron chi connectivity index (χ2n) is 3.98. The molecule has 0 unspecified atom stereocenters. The van der Waals surface area contributed by atoms with Crippen LogP contribution in [0.1, 0.15) is 5.69 Å². The van der Waals surface area contributed by atoms with Crippen molar-refractivity contribution in [2.75, 3.05) is 7.05 Å². The van der Waals surface area contributed by atoms with Crippen molar-refractivity contribution in [2.24, 2.45) is 10.8 Å². The lowest BCUT2D eigenvalue weighted by molar-refractivity contribution is 0.969. The third-order valence-corrected chi connectivity index (χ3v) is 2.93. The Labute approximate surface area is 122 Å². The number of pyridine rings is 1. The van der Waals surface area contributed by atoms with Gasteiger partial charge in [-0.15, -0.1) is 0 Å². The molecule has 0 bridgehead atoms. The van der Waals surface area contributed by atoms with E-state index in [2.05, 4.69) is 20.8 Å². The van der Waals surface area contributed by atoms with Crippen LogP contribution >= 0.6 is 12.2 Å². The largest absolute Gasteiger partial charge is 0.380 e. The topological polar surface area (TPSA) is 75.3 Å². The zero-order valence-electron chi connectivity index (χ0n) is 11.0. The second kappa shape index (κ2) is 6.63. The lowest BCUT2D eigenvalue weighted by atomic mass is 10.1. The first kappa shape index (κ1) is 14.0. The predicted molar refractivity (Wildman–Crippen MR) is 85.2 cm³/mol. The summed E-state index contributed by atoms with van der Waals surface area (Å²) in [6.07, 6.45) is 1.70. The quantitative estimate of drug-likeness (QED) is 0.344. The highest BCUT2D eigenvalue weighted by atomic mass is 32.1. The van der Waals surface area contributed by atoms with Gasteiger partial charge in [0.1, 0.15) is 5.69 Å². The summed E-state index contributed by atoms with van der Waals surface area (Å²) in [6.45, 7) is 0. The molecule has 0 radical (unpaired) electrons. The Balaban J connectivity index is 2.24. The van der Waals surface area contributed by atoms with Gasteiger partial charge >= 0.3 is 0 Å². The molecule has 0 amide bonds. The Morgan fingerprint density at radius 1 is 1.20 bits per heavy atom. The second-order valence-corrected chi connectivity index (χ2v) is 4.39. The van der Waals surface area contributed by atoms with Crippen LogP contribution in [0.4, 0.5) is 0 Å². The molecule has 102 valence electrons. The molecular formula is C14H15N5S. The molecule has 2 rings (SSSR count). The van der Waals surface area contributed by atoms with Crippen LogP contribution in [0.2, 0.25) is 0 Å². The van der Waals surface area contributed by atoms with Gasteiger partial charge < -0.3 is 11.1 Å². The fourth-order valence-electron chi connectivity index (χ4n) is 1.60. The number of hydrogen-bond donors (Lipinski definition) is 3. The summed E-state index contributed by atoms with van der Waals surface area (Å²) in [5.74, 6) is 0.278. The van der Waals surface area contributed by atoms with Gasteiger partial charge in [-0.3, -0.25) is 10.4 Å².